The fraction of sp³-hybridized carbons (Fsp3) is 0.929. The summed E-state index contributed by atoms with van der Waals surface area (Å²) in [5, 5.41) is 0. The lowest BCUT2D eigenvalue weighted by Gasteiger charge is -2.26. The molecular formula is C14H30N4. The molecule has 0 aromatic rings. The van der Waals surface area contributed by atoms with Crippen molar-refractivity contribution in [1.82, 2.24) is 9.80 Å². The quantitative estimate of drug-likeness (QED) is 0.580. The van der Waals surface area contributed by atoms with E-state index in [1.54, 1.807) is 0 Å². The zero-order valence-electron chi connectivity index (χ0n) is 12.5. The average Bonchev–Trinajstić information content (AvgIpc) is 2.74. The van der Waals surface area contributed by atoms with Gasteiger partial charge in [0.05, 0.1) is 6.54 Å². The Hall–Kier alpha value is -0.770. The molecule has 1 rings (SSSR count). The molecule has 1 atom stereocenters. The smallest absolute Gasteiger partial charge is 0.191 e. The maximum atomic E-state index is 6.02. The van der Waals surface area contributed by atoms with Crippen LogP contribution in [0, 0.1) is 5.92 Å². The average molecular weight is 254 g/mol. The van der Waals surface area contributed by atoms with E-state index in [0.29, 0.717) is 12.0 Å². The highest BCUT2D eigenvalue weighted by atomic mass is 15.3. The van der Waals surface area contributed by atoms with Gasteiger partial charge in [-0.1, -0.05) is 13.8 Å². The Kier molecular flexibility index (Phi) is 6.47. The molecule has 1 heterocycles. The van der Waals surface area contributed by atoms with Crippen LogP contribution in [0.5, 0.6) is 0 Å². The molecule has 4 nitrogen and oxygen atoms in total. The van der Waals surface area contributed by atoms with E-state index >= 15 is 0 Å². The van der Waals surface area contributed by atoms with Gasteiger partial charge in [0.1, 0.15) is 0 Å². The van der Waals surface area contributed by atoms with Crippen LogP contribution in [0.2, 0.25) is 0 Å². The van der Waals surface area contributed by atoms with Crippen LogP contribution in [-0.2, 0) is 0 Å². The second-order valence-corrected chi connectivity index (χ2v) is 5.56. The number of aliphatic imine (C=N–C) groups is 1. The van der Waals surface area contributed by atoms with E-state index in [1.807, 2.05) is 0 Å². The monoisotopic (exact) mass is 254 g/mol. The van der Waals surface area contributed by atoms with Crippen LogP contribution < -0.4 is 5.73 Å². The van der Waals surface area contributed by atoms with E-state index in [4.69, 9.17) is 5.73 Å². The van der Waals surface area contributed by atoms with E-state index in [2.05, 4.69) is 42.5 Å². The molecule has 1 aliphatic heterocycles. The Labute approximate surface area is 112 Å². The van der Waals surface area contributed by atoms with Gasteiger partial charge in [0.2, 0.25) is 0 Å². The molecule has 0 radical (unpaired) electrons. The number of rotatable bonds is 6. The summed E-state index contributed by atoms with van der Waals surface area (Å²) in [5.74, 6) is 1.44. The lowest BCUT2D eigenvalue weighted by molar-refractivity contribution is 0.231. The third-order valence-electron chi connectivity index (χ3n) is 3.65. The van der Waals surface area contributed by atoms with Crippen molar-refractivity contribution >= 4 is 5.96 Å². The molecule has 0 bridgehead atoms. The first-order valence-corrected chi connectivity index (χ1v) is 7.37. The number of hydrogen-bond acceptors (Lipinski definition) is 2. The predicted molar refractivity (Wildman–Crippen MR) is 78.8 cm³/mol. The summed E-state index contributed by atoms with van der Waals surface area (Å²) >= 11 is 0. The molecule has 1 saturated heterocycles. The lowest BCUT2D eigenvalue weighted by atomic mass is 10.2. The van der Waals surface area contributed by atoms with Gasteiger partial charge in [0.15, 0.2) is 5.96 Å². The molecule has 0 unspecified atom stereocenters. The Bertz CT molecular complexity index is 259. The van der Waals surface area contributed by atoms with Gasteiger partial charge >= 0.3 is 0 Å². The van der Waals surface area contributed by atoms with Crippen LogP contribution in [0.25, 0.3) is 0 Å². The topological polar surface area (TPSA) is 44.9 Å². The van der Waals surface area contributed by atoms with Crippen LogP contribution in [0.1, 0.15) is 40.5 Å². The van der Waals surface area contributed by atoms with Crippen molar-refractivity contribution in [2.75, 3.05) is 32.7 Å². The minimum absolute atomic E-state index is 0.599. The minimum atomic E-state index is 0.599. The van der Waals surface area contributed by atoms with Crippen LogP contribution in [0.15, 0.2) is 4.99 Å². The molecule has 1 aliphatic rings. The summed E-state index contributed by atoms with van der Waals surface area (Å²) in [4.78, 5) is 9.27. The summed E-state index contributed by atoms with van der Waals surface area (Å²) in [6.07, 6.45) is 2.57. The van der Waals surface area contributed by atoms with Crippen LogP contribution in [0.3, 0.4) is 0 Å². The molecular weight excluding hydrogens is 224 g/mol. The van der Waals surface area contributed by atoms with Crippen molar-refractivity contribution in [1.29, 1.82) is 0 Å². The zero-order valence-corrected chi connectivity index (χ0v) is 12.5. The molecule has 0 amide bonds. The summed E-state index contributed by atoms with van der Waals surface area (Å²) < 4.78 is 0. The molecule has 1 fully saturated rings. The van der Waals surface area contributed by atoms with Gasteiger partial charge < -0.3 is 10.6 Å². The molecule has 0 aromatic carbocycles. The van der Waals surface area contributed by atoms with E-state index in [0.717, 1.165) is 25.6 Å². The number of nitrogens with two attached hydrogens (primary N) is 1. The molecule has 4 heteroatoms. The lowest BCUT2D eigenvalue weighted by Crippen LogP contribution is -2.39. The number of nitrogens with zero attached hydrogens (tertiary/aromatic N) is 3. The van der Waals surface area contributed by atoms with Gasteiger partial charge in [-0.05, 0) is 39.2 Å². The van der Waals surface area contributed by atoms with Gasteiger partial charge in [-0.3, -0.25) is 9.89 Å². The maximum absolute atomic E-state index is 6.02. The fourth-order valence-electron chi connectivity index (χ4n) is 2.66. The maximum Gasteiger partial charge on any atom is 0.191 e. The fourth-order valence-corrected chi connectivity index (χ4v) is 2.66. The molecule has 0 spiro atoms. The first-order valence-electron chi connectivity index (χ1n) is 7.37. The van der Waals surface area contributed by atoms with Crippen molar-refractivity contribution < 1.29 is 0 Å². The third kappa shape index (κ3) is 4.48. The Morgan fingerprint density at radius 2 is 2.06 bits per heavy atom. The zero-order chi connectivity index (χ0) is 13.5. The van der Waals surface area contributed by atoms with Crippen molar-refractivity contribution in [3.05, 3.63) is 0 Å². The van der Waals surface area contributed by atoms with Crippen LogP contribution in [0.4, 0.5) is 0 Å². The van der Waals surface area contributed by atoms with E-state index in [-0.39, 0.29) is 0 Å². The highest BCUT2D eigenvalue weighted by molar-refractivity contribution is 5.78. The summed E-state index contributed by atoms with van der Waals surface area (Å²) in [6, 6.07) is 0.599. The highest BCUT2D eigenvalue weighted by Crippen LogP contribution is 2.18. The summed E-state index contributed by atoms with van der Waals surface area (Å²) in [6.45, 7) is 13.9. The second kappa shape index (κ2) is 7.62. The van der Waals surface area contributed by atoms with Gasteiger partial charge in [-0.2, -0.15) is 0 Å². The first-order chi connectivity index (χ1) is 8.58. The van der Waals surface area contributed by atoms with E-state index in [1.165, 1.54) is 25.9 Å². The largest absolute Gasteiger partial charge is 0.370 e. The summed E-state index contributed by atoms with van der Waals surface area (Å²) in [7, 11) is 0. The number of hydrogen-bond donors (Lipinski definition) is 1. The van der Waals surface area contributed by atoms with Crippen molar-refractivity contribution in [2.24, 2.45) is 16.6 Å². The van der Waals surface area contributed by atoms with Crippen molar-refractivity contribution in [3.8, 4) is 0 Å². The van der Waals surface area contributed by atoms with Gasteiger partial charge in [-0.15, -0.1) is 0 Å². The normalized spacial score (nSPS) is 21.8. The third-order valence-corrected chi connectivity index (χ3v) is 3.65. The van der Waals surface area contributed by atoms with Gasteiger partial charge in [0, 0.05) is 25.7 Å². The van der Waals surface area contributed by atoms with Gasteiger partial charge in [0.25, 0.3) is 0 Å². The molecule has 0 aromatic heterocycles. The Balaban J connectivity index is 2.48. The number of likely N-dealkylation sites (tertiary alicyclic amines) is 1. The van der Waals surface area contributed by atoms with Crippen molar-refractivity contribution in [2.45, 2.75) is 46.6 Å². The molecule has 2 N–H and O–H groups in total. The Morgan fingerprint density at radius 1 is 1.39 bits per heavy atom. The minimum Gasteiger partial charge on any atom is -0.370 e. The SMILES string of the molecule is CCN(CC)C(N)=NC[C@H]1CCCN1CC(C)C. The Morgan fingerprint density at radius 3 is 2.61 bits per heavy atom. The van der Waals surface area contributed by atoms with Crippen LogP contribution in [-0.4, -0.2) is 54.5 Å². The molecule has 0 aliphatic carbocycles. The molecule has 18 heavy (non-hydrogen) atoms. The van der Waals surface area contributed by atoms with Gasteiger partial charge in [-0.25, -0.2) is 0 Å². The first kappa shape index (κ1) is 15.3. The van der Waals surface area contributed by atoms with Crippen molar-refractivity contribution in [3.63, 3.8) is 0 Å². The number of guanidine groups is 1. The second-order valence-electron chi connectivity index (χ2n) is 5.56. The van der Waals surface area contributed by atoms with Crippen LogP contribution >= 0.6 is 0 Å². The van der Waals surface area contributed by atoms with E-state index in [9.17, 15) is 0 Å². The molecule has 0 saturated carbocycles. The standard InChI is InChI=1S/C14H30N4/c1-5-17(6-2)14(15)16-10-13-8-7-9-18(13)11-12(3)4/h12-13H,5-11H2,1-4H3,(H2,15,16)/t13-/m1/s1. The van der Waals surface area contributed by atoms with E-state index < -0.39 is 0 Å². The summed E-state index contributed by atoms with van der Waals surface area (Å²) in [5.41, 5.74) is 6.02. The predicted octanol–water partition coefficient (Wildman–Crippen LogP) is 1.76. The molecule has 106 valence electrons. The highest BCUT2D eigenvalue weighted by Gasteiger charge is 2.24.